The van der Waals surface area contributed by atoms with Crippen molar-refractivity contribution < 1.29 is 23.5 Å². The van der Waals surface area contributed by atoms with Crippen LogP contribution in [0.25, 0.3) is 0 Å². The average Bonchev–Trinajstić information content (AvgIpc) is 2.91. The minimum atomic E-state index is -0.673. The highest BCUT2D eigenvalue weighted by Crippen LogP contribution is 2.25. The lowest BCUT2D eigenvalue weighted by Gasteiger charge is -2.31. The van der Waals surface area contributed by atoms with Gasteiger partial charge in [0.1, 0.15) is 23.3 Å². The number of likely N-dealkylation sites (N-methyl/N-ethyl adjacent to an activating group) is 1. The van der Waals surface area contributed by atoms with E-state index in [0.29, 0.717) is 42.6 Å². The normalized spacial score (nSPS) is 17.4. The van der Waals surface area contributed by atoms with Gasteiger partial charge in [0.2, 0.25) is 11.9 Å². The number of hydrogen-bond acceptors (Lipinski definition) is 8. The quantitative estimate of drug-likeness (QED) is 0.294. The highest BCUT2D eigenvalue weighted by molar-refractivity contribution is 5.85. The molecule has 3 rings (SSSR count). The maximum Gasteiger partial charge on any atom is 0.410 e. The van der Waals surface area contributed by atoms with Crippen LogP contribution in [-0.2, 0) is 14.3 Å². The number of carbonyl (C=O) groups is 2. The molecule has 1 aliphatic rings. The van der Waals surface area contributed by atoms with Gasteiger partial charge in [-0.05, 0) is 65.2 Å². The number of hydrogen-bond donors (Lipinski definition) is 3. The lowest BCUT2D eigenvalue weighted by molar-refractivity contribution is -0.126. The van der Waals surface area contributed by atoms with Crippen molar-refractivity contribution in [3.63, 3.8) is 0 Å². The highest BCUT2D eigenvalue weighted by Gasteiger charge is 2.29. The molecule has 11 heteroatoms. The van der Waals surface area contributed by atoms with Gasteiger partial charge >= 0.3 is 6.09 Å². The minimum Gasteiger partial charge on any atom is -0.444 e. The van der Waals surface area contributed by atoms with Crippen LogP contribution in [0.2, 0.25) is 0 Å². The van der Waals surface area contributed by atoms with Crippen molar-refractivity contribution in [2.75, 3.05) is 37.9 Å². The van der Waals surface area contributed by atoms with Crippen molar-refractivity contribution in [3.05, 3.63) is 41.8 Å². The molecule has 1 aromatic carbocycles. The molecule has 0 radical (unpaired) electrons. The molecule has 0 saturated heterocycles. The van der Waals surface area contributed by atoms with Crippen LogP contribution >= 0.6 is 0 Å². The van der Waals surface area contributed by atoms with E-state index in [-0.39, 0.29) is 23.7 Å². The monoisotopic (exact) mass is 568 g/mol. The number of halogens is 1. The number of nitrogens with one attached hydrogen (secondary N) is 3. The molecule has 0 bridgehead atoms. The van der Waals surface area contributed by atoms with Gasteiger partial charge in [-0.25, -0.2) is 14.2 Å². The molecule has 41 heavy (non-hydrogen) atoms. The molecule has 1 aliphatic carbocycles. The van der Waals surface area contributed by atoms with Gasteiger partial charge in [-0.3, -0.25) is 9.69 Å². The van der Waals surface area contributed by atoms with E-state index < -0.39 is 17.7 Å². The number of amides is 2. The molecule has 0 aliphatic heterocycles. The highest BCUT2D eigenvalue weighted by atomic mass is 19.1. The van der Waals surface area contributed by atoms with E-state index in [4.69, 9.17) is 9.47 Å². The first-order valence-corrected chi connectivity index (χ1v) is 13.9. The summed E-state index contributed by atoms with van der Waals surface area (Å²) in [4.78, 5) is 35.5. The third-order valence-electron chi connectivity index (χ3n) is 6.54. The van der Waals surface area contributed by atoms with Gasteiger partial charge in [0.05, 0.1) is 18.4 Å². The summed E-state index contributed by atoms with van der Waals surface area (Å²) in [6.07, 6.45) is 4.48. The fourth-order valence-electron chi connectivity index (χ4n) is 4.26. The lowest BCUT2D eigenvalue weighted by atomic mass is 9.86. The van der Waals surface area contributed by atoms with Gasteiger partial charge in [0, 0.05) is 38.3 Å². The van der Waals surface area contributed by atoms with Crippen molar-refractivity contribution in [2.24, 2.45) is 5.92 Å². The largest absolute Gasteiger partial charge is 0.444 e. The number of benzene rings is 1. The van der Waals surface area contributed by atoms with Crippen LogP contribution in [0.15, 0.2) is 30.5 Å². The number of ether oxygens (including phenoxy) is 2. The molecular weight excluding hydrogens is 527 g/mol. The van der Waals surface area contributed by atoms with Crippen LogP contribution in [-0.4, -0.2) is 71.9 Å². The predicted molar refractivity (Wildman–Crippen MR) is 156 cm³/mol. The summed E-state index contributed by atoms with van der Waals surface area (Å²) >= 11 is 0. The number of aromatic nitrogens is 2. The van der Waals surface area contributed by atoms with Crippen molar-refractivity contribution in [1.82, 2.24) is 20.2 Å². The summed E-state index contributed by atoms with van der Waals surface area (Å²) in [5.74, 6) is 6.90. The van der Waals surface area contributed by atoms with E-state index in [1.807, 2.05) is 0 Å². The Morgan fingerprint density at radius 3 is 2.76 bits per heavy atom. The first kappa shape index (κ1) is 31.6. The van der Waals surface area contributed by atoms with Crippen LogP contribution in [0.3, 0.4) is 0 Å². The SMILES string of the molecule is COCCNc1nc(Nc2cccc(F)c2)ncc1C#C[C@@H]1CCC[C@H](NC(=O)[C@H](C)N(C)C(=O)OC(C)(C)C)C1. The molecule has 1 heterocycles. The molecule has 0 spiro atoms. The van der Waals surface area contributed by atoms with Crippen molar-refractivity contribution in [1.29, 1.82) is 0 Å². The fraction of sp³-hybridized carbons (Fsp3) is 0.533. The van der Waals surface area contributed by atoms with Crippen LogP contribution in [0, 0.1) is 23.6 Å². The summed E-state index contributed by atoms with van der Waals surface area (Å²) < 4.78 is 24.1. The van der Waals surface area contributed by atoms with E-state index in [2.05, 4.69) is 37.8 Å². The number of rotatable bonds is 9. The standard InChI is InChI=1S/C30H41FN6O4/c1-20(37(5)29(39)41-30(2,3)4)27(38)34-24-11-7-9-21(17-24)13-14-22-19-33-28(36-26(22)32-15-16-40-6)35-25-12-8-10-23(31)18-25/h8,10,12,18-21,24H,7,9,11,15-17H2,1-6H3,(H,34,38)(H2,32,33,35,36)/t20-,21-,24-/m0/s1. The Morgan fingerprint density at radius 2 is 2.05 bits per heavy atom. The third-order valence-corrected chi connectivity index (χ3v) is 6.54. The summed E-state index contributed by atoms with van der Waals surface area (Å²) in [5.41, 5.74) is 0.525. The van der Waals surface area contributed by atoms with E-state index >= 15 is 0 Å². The smallest absolute Gasteiger partial charge is 0.410 e. The van der Waals surface area contributed by atoms with E-state index in [1.54, 1.807) is 60.2 Å². The zero-order chi connectivity index (χ0) is 30.0. The molecule has 3 atom stereocenters. The molecule has 10 nitrogen and oxygen atoms in total. The summed E-state index contributed by atoms with van der Waals surface area (Å²) in [6, 6.07) is 5.35. The molecule has 3 N–H and O–H groups in total. The number of nitrogens with zero attached hydrogens (tertiary/aromatic N) is 3. The molecular formula is C30H41FN6O4. The Hall–Kier alpha value is -3.91. The molecule has 1 saturated carbocycles. The number of carbonyl (C=O) groups excluding carboxylic acids is 2. The second kappa shape index (κ2) is 14.6. The summed E-state index contributed by atoms with van der Waals surface area (Å²) in [7, 11) is 3.18. The second-order valence-corrected chi connectivity index (χ2v) is 11.1. The first-order valence-electron chi connectivity index (χ1n) is 13.9. The van der Waals surface area contributed by atoms with E-state index in [0.717, 1.165) is 19.3 Å². The van der Waals surface area contributed by atoms with Crippen molar-refractivity contribution in [2.45, 2.75) is 71.1 Å². The maximum absolute atomic E-state index is 13.6. The molecule has 1 fully saturated rings. The van der Waals surface area contributed by atoms with E-state index in [9.17, 15) is 14.0 Å². The fourth-order valence-corrected chi connectivity index (χ4v) is 4.26. The van der Waals surface area contributed by atoms with Gasteiger partial charge < -0.3 is 25.4 Å². The summed E-state index contributed by atoms with van der Waals surface area (Å²) in [6.45, 7) is 8.05. The molecule has 0 unspecified atom stereocenters. The number of anilines is 3. The molecule has 222 valence electrons. The topological polar surface area (TPSA) is 118 Å². The van der Waals surface area contributed by atoms with Gasteiger partial charge in [-0.1, -0.05) is 24.3 Å². The Morgan fingerprint density at radius 1 is 1.27 bits per heavy atom. The van der Waals surface area contributed by atoms with Crippen LogP contribution < -0.4 is 16.0 Å². The molecule has 2 amide bonds. The van der Waals surface area contributed by atoms with Crippen LogP contribution in [0.1, 0.15) is 58.9 Å². The molecule has 1 aromatic heterocycles. The van der Waals surface area contributed by atoms with Gasteiger partial charge in [-0.2, -0.15) is 4.98 Å². The zero-order valence-corrected chi connectivity index (χ0v) is 24.7. The minimum absolute atomic E-state index is 0.0431. The van der Waals surface area contributed by atoms with E-state index in [1.165, 1.54) is 17.0 Å². The second-order valence-electron chi connectivity index (χ2n) is 11.1. The predicted octanol–water partition coefficient (Wildman–Crippen LogP) is 4.70. The van der Waals surface area contributed by atoms with Crippen molar-refractivity contribution >= 4 is 29.5 Å². The average molecular weight is 569 g/mol. The Kier molecular flexibility index (Phi) is 11.3. The van der Waals surface area contributed by atoms with Crippen molar-refractivity contribution in [3.8, 4) is 11.8 Å². The third kappa shape index (κ3) is 10.2. The van der Waals surface area contributed by atoms with Gasteiger partial charge in [0.15, 0.2) is 0 Å². The van der Waals surface area contributed by atoms with Gasteiger partial charge in [0.25, 0.3) is 0 Å². The Bertz CT molecular complexity index is 1260. The Labute approximate surface area is 241 Å². The first-order chi connectivity index (χ1) is 19.4. The van der Waals surface area contributed by atoms with Crippen LogP contribution in [0.5, 0.6) is 0 Å². The van der Waals surface area contributed by atoms with Gasteiger partial charge in [-0.15, -0.1) is 0 Å². The maximum atomic E-state index is 13.6. The molecule has 2 aromatic rings. The summed E-state index contributed by atoms with van der Waals surface area (Å²) in [5, 5.41) is 9.32. The zero-order valence-electron chi connectivity index (χ0n) is 24.7. The van der Waals surface area contributed by atoms with Crippen LogP contribution in [0.4, 0.5) is 26.6 Å². The Balaban J connectivity index is 1.65. The number of methoxy groups -OCH3 is 1. The lowest BCUT2D eigenvalue weighted by Crippen LogP contribution is -2.50.